The number of hydrogen-bond acceptors (Lipinski definition) is 9. The van der Waals surface area contributed by atoms with E-state index in [1.165, 1.54) is 173 Å². The largest absolute Gasteiger partial charge is 0.478 e. The van der Waals surface area contributed by atoms with Gasteiger partial charge in [0.1, 0.15) is 0 Å². The number of nitrogens with zero attached hydrogens (tertiary/aromatic N) is 1. The quantitative estimate of drug-likeness (QED) is 0.0747. The van der Waals surface area contributed by atoms with Gasteiger partial charge in [-0.3, -0.25) is 4.79 Å². The van der Waals surface area contributed by atoms with Gasteiger partial charge >= 0.3 is 17.9 Å². The second-order valence-electron chi connectivity index (χ2n) is 17.9. The SMILES string of the molecule is C=CC(=O)O.C=CC(=O)OCCCCCCOC(=O)C=C.C=CN1CCCC1=O.OCC1CCCCCCCCC1.OCC1CCCCCCCCC1.OCC1CCCCCCCCC1. The van der Waals surface area contributed by atoms with E-state index in [4.69, 9.17) is 29.9 Å². The Bertz CT molecular complexity index is 1060. The summed E-state index contributed by atoms with van der Waals surface area (Å²) in [5, 5.41) is 34.8. The molecule has 0 aromatic heterocycles. The van der Waals surface area contributed by atoms with E-state index in [0.717, 1.165) is 56.9 Å². The van der Waals surface area contributed by atoms with Crippen molar-refractivity contribution in [3.63, 3.8) is 0 Å². The van der Waals surface area contributed by atoms with Gasteiger partial charge in [-0.1, -0.05) is 161 Å². The molecule has 11 heteroatoms. The molecule has 4 aliphatic rings. The molecule has 3 saturated carbocycles. The number of aliphatic carboxylic acids is 1. The minimum absolute atomic E-state index is 0.208. The lowest BCUT2D eigenvalue weighted by Crippen LogP contribution is -2.16. The van der Waals surface area contributed by atoms with E-state index < -0.39 is 5.97 Å². The summed E-state index contributed by atoms with van der Waals surface area (Å²) in [4.78, 5) is 42.9. The first-order valence-corrected chi connectivity index (χ1v) is 25.8. The highest BCUT2D eigenvalue weighted by Gasteiger charge is 2.16. The van der Waals surface area contributed by atoms with Crippen molar-refractivity contribution in [1.29, 1.82) is 0 Å². The molecule has 1 amide bonds. The maximum absolute atomic E-state index is 10.7. The molecule has 378 valence electrons. The minimum Gasteiger partial charge on any atom is -0.478 e. The molecule has 4 rings (SSSR count). The van der Waals surface area contributed by atoms with Gasteiger partial charge in [0.2, 0.25) is 5.91 Å². The van der Waals surface area contributed by atoms with Crippen LogP contribution in [-0.4, -0.2) is 88.7 Å². The Kier molecular flexibility index (Phi) is 49.2. The fourth-order valence-electron chi connectivity index (χ4n) is 8.11. The molecule has 11 nitrogen and oxygen atoms in total. The van der Waals surface area contributed by atoms with Crippen LogP contribution in [0.25, 0.3) is 0 Å². The third kappa shape index (κ3) is 45.7. The second-order valence-corrected chi connectivity index (χ2v) is 17.9. The third-order valence-electron chi connectivity index (χ3n) is 12.3. The predicted octanol–water partition coefficient (Wildman–Crippen LogP) is 12.4. The first kappa shape index (κ1) is 63.8. The van der Waals surface area contributed by atoms with Gasteiger partial charge in [-0.15, -0.1) is 0 Å². The van der Waals surface area contributed by atoms with E-state index in [9.17, 15) is 19.2 Å². The second kappa shape index (κ2) is 50.1. The standard InChI is InChI=1S/C12H18O4.3C11H22O.C6H9NO.C3H4O2/c1-3-11(13)15-9-7-5-6-8-10-16-12(14)4-2;3*12-10-11-8-6-4-2-1-3-5-7-9-11;1-2-7-5-3-4-6(7)8;1-2-3(4)5/h3-4H,1-2,5-10H2;3*11-12H,1-10H2;2H,1,3-5H2;2H,1H2,(H,4,5). The summed E-state index contributed by atoms with van der Waals surface area (Å²) in [6, 6.07) is 0. The van der Waals surface area contributed by atoms with Gasteiger partial charge in [0, 0.05) is 51.0 Å². The topological polar surface area (TPSA) is 171 Å². The van der Waals surface area contributed by atoms with Crippen LogP contribution < -0.4 is 0 Å². The van der Waals surface area contributed by atoms with Crippen molar-refractivity contribution in [2.75, 3.05) is 39.6 Å². The van der Waals surface area contributed by atoms with Crippen LogP contribution in [0.4, 0.5) is 0 Å². The van der Waals surface area contributed by atoms with Gasteiger partial charge in [-0.25, -0.2) is 14.4 Å². The Hall–Kier alpha value is -3.28. The molecule has 0 aromatic carbocycles. The van der Waals surface area contributed by atoms with Crippen LogP contribution in [0.3, 0.4) is 0 Å². The van der Waals surface area contributed by atoms with E-state index >= 15 is 0 Å². The van der Waals surface area contributed by atoms with Gasteiger partial charge in [0.25, 0.3) is 0 Å². The number of carboxylic acids is 1. The van der Waals surface area contributed by atoms with Crippen LogP contribution in [0.2, 0.25) is 0 Å². The van der Waals surface area contributed by atoms with Crippen molar-refractivity contribution in [3.8, 4) is 0 Å². The van der Waals surface area contributed by atoms with E-state index in [1.807, 2.05) is 0 Å². The van der Waals surface area contributed by atoms with Crippen molar-refractivity contribution in [2.45, 2.75) is 212 Å². The number of rotatable bonds is 14. The molecule has 0 unspecified atom stereocenters. The van der Waals surface area contributed by atoms with E-state index in [-0.39, 0.29) is 17.8 Å². The number of aliphatic hydroxyl groups excluding tert-OH is 3. The lowest BCUT2D eigenvalue weighted by atomic mass is 9.93. The summed E-state index contributed by atoms with van der Waals surface area (Å²) in [5.41, 5.74) is 0. The van der Waals surface area contributed by atoms with Crippen LogP contribution >= 0.6 is 0 Å². The van der Waals surface area contributed by atoms with Crippen LogP contribution in [0.15, 0.2) is 50.7 Å². The zero-order valence-corrected chi connectivity index (χ0v) is 41.1. The number of aliphatic hydroxyl groups is 3. The van der Waals surface area contributed by atoms with Gasteiger partial charge < -0.3 is 34.8 Å². The van der Waals surface area contributed by atoms with Crippen molar-refractivity contribution in [3.05, 3.63) is 50.7 Å². The van der Waals surface area contributed by atoms with E-state index in [0.29, 0.717) is 57.2 Å². The van der Waals surface area contributed by atoms with Crippen LogP contribution in [0.5, 0.6) is 0 Å². The first-order chi connectivity index (χ1) is 31.6. The van der Waals surface area contributed by atoms with Crippen molar-refractivity contribution < 1.29 is 49.1 Å². The summed E-state index contributed by atoms with van der Waals surface area (Å²) < 4.78 is 9.60. The number of hydrogen-bond donors (Lipinski definition) is 4. The summed E-state index contributed by atoms with van der Waals surface area (Å²) in [6.07, 6.45) is 46.6. The normalized spacial score (nSPS) is 18.3. The first-order valence-electron chi connectivity index (χ1n) is 25.8. The number of likely N-dealkylation sites (tertiary alicyclic amines) is 1. The molecule has 1 saturated heterocycles. The zero-order chi connectivity index (χ0) is 48.4. The molecule has 0 radical (unpaired) electrons. The number of carboxylic acid groups (broad SMARTS) is 1. The maximum atomic E-state index is 10.7. The predicted molar refractivity (Wildman–Crippen MR) is 266 cm³/mol. The Morgan fingerprint density at radius 3 is 0.938 bits per heavy atom. The molecular formula is C54H97NO10. The Morgan fingerprint density at radius 2 is 0.754 bits per heavy atom. The minimum atomic E-state index is -0.981. The van der Waals surface area contributed by atoms with E-state index in [2.05, 4.69) is 26.3 Å². The highest BCUT2D eigenvalue weighted by Crippen LogP contribution is 2.23. The number of ether oxygens (including phenoxy) is 2. The molecule has 65 heavy (non-hydrogen) atoms. The molecular weight excluding hydrogens is 823 g/mol. The highest BCUT2D eigenvalue weighted by atomic mass is 16.5. The summed E-state index contributed by atoms with van der Waals surface area (Å²) in [5.74, 6) is 0.291. The van der Waals surface area contributed by atoms with Gasteiger partial charge in [0.15, 0.2) is 0 Å². The number of unbranched alkanes of at least 4 members (excludes halogenated alkanes) is 3. The van der Waals surface area contributed by atoms with Gasteiger partial charge in [-0.05, 0) is 94.6 Å². The van der Waals surface area contributed by atoms with Crippen LogP contribution in [0, 0.1) is 17.8 Å². The molecule has 1 heterocycles. The maximum Gasteiger partial charge on any atom is 0.330 e. The molecule has 0 atom stereocenters. The number of amides is 1. The Labute approximate surface area is 396 Å². The molecule has 3 aliphatic carbocycles. The number of esters is 2. The number of carbonyl (C=O) groups excluding carboxylic acids is 3. The molecule has 0 spiro atoms. The van der Waals surface area contributed by atoms with Crippen LogP contribution in [0.1, 0.15) is 212 Å². The fraction of sp³-hybridized carbons (Fsp3) is 0.778. The smallest absolute Gasteiger partial charge is 0.330 e. The van der Waals surface area contributed by atoms with Crippen molar-refractivity contribution in [1.82, 2.24) is 4.90 Å². The highest BCUT2D eigenvalue weighted by molar-refractivity contribution is 5.81. The average Bonchev–Trinajstić information content (AvgIpc) is 3.77. The molecule has 1 aliphatic heterocycles. The van der Waals surface area contributed by atoms with Gasteiger partial charge in [0.05, 0.1) is 13.2 Å². The third-order valence-corrected chi connectivity index (χ3v) is 12.3. The lowest BCUT2D eigenvalue weighted by Gasteiger charge is -2.15. The summed E-state index contributed by atoms with van der Waals surface area (Å²) >= 11 is 0. The van der Waals surface area contributed by atoms with E-state index in [1.54, 1.807) is 11.1 Å². The fourth-order valence-corrected chi connectivity index (χ4v) is 8.11. The lowest BCUT2D eigenvalue weighted by molar-refractivity contribution is -0.139. The zero-order valence-electron chi connectivity index (χ0n) is 41.1. The summed E-state index contributed by atoms with van der Waals surface area (Å²) in [6.45, 7) is 16.0. The molecule has 4 N–H and O–H groups in total. The molecule has 0 bridgehead atoms. The van der Waals surface area contributed by atoms with Crippen LogP contribution in [-0.2, 0) is 28.7 Å². The monoisotopic (exact) mass is 920 g/mol. The molecule has 4 fully saturated rings. The van der Waals surface area contributed by atoms with Crippen molar-refractivity contribution >= 4 is 23.8 Å². The average molecular weight is 920 g/mol. The van der Waals surface area contributed by atoms with Crippen molar-refractivity contribution in [2.24, 2.45) is 17.8 Å². The summed E-state index contributed by atoms with van der Waals surface area (Å²) in [7, 11) is 0. The molecule has 0 aromatic rings. The Balaban J connectivity index is 0. The van der Waals surface area contributed by atoms with Gasteiger partial charge in [-0.2, -0.15) is 0 Å². The Morgan fingerprint density at radius 1 is 0.477 bits per heavy atom. The number of carbonyl (C=O) groups is 4.